The van der Waals surface area contributed by atoms with Crippen LogP contribution in [-0.2, 0) is 4.79 Å². The summed E-state index contributed by atoms with van der Waals surface area (Å²) in [5.41, 5.74) is 8.07. The zero-order chi connectivity index (χ0) is 15.4. The van der Waals surface area contributed by atoms with Crippen molar-refractivity contribution >= 4 is 23.3 Å². The van der Waals surface area contributed by atoms with Crippen LogP contribution in [-0.4, -0.2) is 48.4 Å². The molecule has 0 spiro atoms. The molecule has 0 atom stereocenters. The van der Waals surface area contributed by atoms with Gasteiger partial charge in [-0.05, 0) is 31.0 Å². The van der Waals surface area contributed by atoms with E-state index in [-0.39, 0.29) is 11.9 Å². The molecular formula is C15H22N4O2. The van der Waals surface area contributed by atoms with Gasteiger partial charge < -0.3 is 20.9 Å². The minimum atomic E-state index is -0.0521. The van der Waals surface area contributed by atoms with E-state index in [0.29, 0.717) is 25.1 Å². The molecule has 2 rings (SSSR count). The second-order valence-electron chi connectivity index (χ2n) is 5.42. The maximum atomic E-state index is 11.9. The number of anilines is 2. The van der Waals surface area contributed by atoms with Crippen LogP contribution in [0.4, 0.5) is 16.2 Å². The van der Waals surface area contributed by atoms with Crippen molar-refractivity contribution in [3.05, 3.63) is 23.8 Å². The number of benzene rings is 1. The number of hydrogen-bond acceptors (Lipinski definition) is 3. The van der Waals surface area contributed by atoms with Gasteiger partial charge in [-0.25, -0.2) is 4.79 Å². The number of amides is 3. The maximum Gasteiger partial charge on any atom is 0.319 e. The molecule has 114 valence electrons. The molecule has 1 aromatic carbocycles. The normalized spacial score (nSPS) is 14.7. The van der Waals surface area contributed by atoms with Crippen LogP contribution in [0.3, 0.4) is 0 Å². The number of nitrogen functional groups attached to an aromatic ring is 1. The van der Waals surface area contributed by atoms with Gasteiger partial charge in [0.15, 0.2) is 0 Å². The Morgan fingerprint density at radius 2 is 2.14 bits per heavy atom. The standard InChI is InChI=1S/C15H22N4O2/c1-11-5-6-12(16)10-13(11)17-14(20)4-3-7-19-9-8-18(2)15(19)21/h5-6,10H,3-4,7-9,16H2,1-2H3,(H,17,20). The summed E-state index contributed by atoms with van der Waals surface area (Å²) in [4.78, 5) is 27.1. The maximum absolute atomic E-state index is 11.9. The van der Waals surface area contributed by atoms with Crippen molar-refractivity contribution in [3.63, 3.8) is 0 Å². The van der Waals surface area contributed by atoms with Gasteiger partial charge in [-0.2, -0.15) is 0 Å². The van der Waals surface area contributed by atoms with E-state index in [1.807, 2.05) is 13.0 Å². The molecule has 1 fully saturated rings. The number of hydrogen-bond donors (Lipinski definition) is 2. The van der Waals surface area contributed by atoms with Crippen molar-refractivity contribution in [3.8, 4) is 0 Å². The van der Waals surface area contributed by atoms with Crippen molar-refractivity contribution in [2.45, 2.75) is 19.8 Å². The second-order valence-corrected chi connectivity index (χ2v) is 5.42. The number of carbonyl (C=O) groups is 2. The number of nitrogens with one attached hydrogen (secondary N) is 1. The molecule has 6 nitrogen and oxygen atoms in total. The van der Waals surface area contributed by atoms with Crippen LogP contribution in [0.5, 0.6) is 0 Å². The van der Waals surface area contributed by atoms with Gasteiger partial charge in [0.2, 0.25) is 5.91 Å². The largest absolute Gasteiger partial charge is 0.399 e. The Labute approximate surface area is 124 Å². The van der Waals surface area contributed by atoms with Gasteiger partial charge in [0.25, 0.3) is 0 Å². The lowest BCUT2D eigenvalue weighted by Crippen LogP contribution is -2.30. The van der Waals surface area contributed by atoms with Gasteiger partial charge in [-0.15, -0.1) is 0 Å². The number of nitrogens with zero attached hydrogens (tertiary/aromatic N) is 2. The summed E-state index contributed by atoms with van der Waals surface area (Å²) in [6.07, 6.45) is 1.05. The fraction of sp³-hybridized carbons (Fsp3) is 0.467. The number of urea groups is 1. The Kier molecular flexibility index (Phi) is 4.67. The monoisotopic (exact) mass is 290 g/mol. The van der Waals surface area contributed by atoms with Crippen molar-refractivity contribution in [2.75, 3.05) is 37.7 Å². The molecule has 0 aromatic heterocycles. The highest BCUT2D eigenvalue weighted by Crippen LogP contribution is 2.18. The number of nitrogens with two attached hydrogens (primary N) is 1. The van der Waals surface area contributed by atoms with Crippen LogP contribution in [0.1, 0.15) is 18.4 Å². The molecule has 6 heteroatoms. The van der Waals surface area contributed by atoms with Gasteiger partial charge in [0.05, 0.1) is 0 Å². The molecule has 0 radical (unpaired) electrons. The molecule has 0 saturated carbocycles. The molecule has 1 saturated heterocycles. The lowest BCUT2D eigenvalue weighted by atomic mass is 10.1. The third kappa shape index (κ3) is 3.87. The van der Waals surface area contributed by atoms with Crippen LogP contribution in [0.2, 0.25) is 0 Å². The molecule has 21 heavy (non-hydrogen) atoms. The lowest BCUT2D eigenvalue weighted by Gasteiger charge is -2.15. The summed E-state index contributed by atoms with van der Waals surface area (Å²) >= 11 is 0. The number of likely N-dealkylation sites (N-methyl/N-ethyl adjacent to an activating group) is 1. The first-order valence-electron chi connectivity index (χ1n) is 7.13. The van der Waals surface area contributed by atoms with Gasteiger partial charge in [-0.3, -0.25) is 4.79 Å². The number of carbonyl (C=O) groups excluding carboxylic acids is 2. The Morgan fingerprint density at radius 3 is 2.81 bits per heavy atom. The summed E-state index contributed by atoms with van der Waals surface area (Å²) in [5.74, 6) is -0.0521. The minimum absolute atomic E-state index is 0.0436. The molecule has 3 amide bonds. The smallest absolute Gasteiger partial charge is 0.319 e. The number of rotatable bonds is 5. The van der Waals surface area contributed by atoms with Crippen molar-refractivity contribution in [1.82, 2.24) is 9.80 Å². The topological polar surface area (TPSA) is 78.7 Å². The lowest BCUT2D eigenvalue weighted by molar-refractivity contribution is -0.116. The molecule has 1 heterocycles. The predicted octanol–water partition coefficient (Wildman–Crippen LogP) is 1.66. The Hall–Kier alpha value is -2.24. The van der Waals surface area contributed by atoms with E-state index < -0.39 is 0 Å². The van der Waals surface area contributed by atoms with Crippen molar-refractivity contribution < 1.29 is 9.59 Å². The fourth-order valence-electron chi connectivity index (χ4n) is 2.33. The van der Waals surface area contributed by atoms with Gasteiger partial charge in [0.1, 0.15) is 0 Å². The first kappa shape index (κ1) is 15.2. The Bertz CT molecular complexity index is 544. The zero-order valence-corrected chi connectivity index (χ0v) is 12.6. The summed E-state index contributed by atoms with van der Waals surface area (Å²) in [7, 11) is 1.79. The third-order valence-corrected chi connectivity index (χ3v) is 3.67. The zero-order valence-electron chi connectivity index (χ0n) is 12.6. The van der Waals surface area contributed by atoms with E-state index >= 15 is 0 Å². The highest BCUT2D eigenvalue weighted by molar-refractivity contribution is 5.92. The molecule has 1 aromatic rings. The van der Waals surface area contributed by atoms with E-state index in [1.54, 1.807) is 29.0 Å². The van der Waals surface area contributed by atoms with Crippen LogP contribution in [0.15, 0.2) is 18.2 Å². The molecular weight excluding hydrogens is 268 g/mol. The van der Waals surface area contributed by atoms with Crippen LogP contribution in [0.25, 0.3) is 0 Å². The summed E-state index contributed by atoms with van der Waals surface area (Å²) in [6, 6.07) is 5.48. The van der Waals surface area contributed by atoms with Crippen LogP contribution >= 0.6 is 0 Å². The molecule has 1 aliphatic rings. The summed E-state index contributed by atoms with van der Waals surface area (Å²) in [6.45, 7) is 4.04. The van der Waals surface area contributed by atoms with Crippen molar-refractivity contribution in [1.29, 1.82) is 0 Å². The van der Waals surface area contributed by atoms with E-state index in [4.69, 9.17) is 5.73 Å². The number of aryl methyl sites for hydroxylation is 1. The summed E-state index contributed by atoms with van der Waals surface area (Å²) in [5, 5.41) is 2.86. The van der Waals surface area contributed by atoms with E-state index in [2.05, 4.69) is 5.32 Å². The van der Waals surface area contributed by atoms with Crippen LogP contribution < -0.4 is 11.1 Å². The fourth-order valence-corrected chi connectivity index (χ4v) is 2.33. The SMILES string of the molecule is Cc1ccc(N)cc1NC(=O)CCCN1CCN(C)C1=O. The second kappa shape index (κ2) is 6.47. The molecule has 0 aliphatic carbocycles. The predicted molar refractivity (Wildman–Crippen MR) is 83.1 cm³/mol. The van der Waals surface area contributed by atoms with Crippen LogP contribution in [0, 0.1) is 6.92 Å². The Morgan fingerprint density at radius 1 is 1.38 bits per heavy atom. The van der Waals surface area contributed by atoms with Gasteiger partial charge in [0, 0.05) is 44.5 Å². The quantitative estimate of drug-likeness (QED) is 0.810. The molecule has 0 unspecified atom stereocenters. The first-order chi connectivity index (χ1) is 9.97. The van der Waals surface area contributed by atoms with E-state index in [0.717, 1.165) is 24.3 Å². The van der Waals surface area contributed by atoms with E-state index in [1.165, 1.54) is 0 Å². The van der Waals surface area contributed by atoms with Crippen molar-refractivity contribution in [2.24, 2.45) is 0 Å². The molecule has 1 aliphatic heterocycles. The average Bonchev–Trinajstić information content (AvgIpc) is 2.75. The van der Waals surface area contributed by atoms with Gasteiger partial charge in [-0.1, -0.05) is 6.07 Å². The van der Waals surface area contributed by atoms with Gasteiger partial charge >= 0.3 is 6.03 Å². The summed E-state index contributed by atoms with van der Waals surface area (Å²) < 4.78 is 0. The first-order valence-corrected chi connectivity index (χ1v) is 7.13. The Balaban J connectivity index is 1.77. The van der Waals surface area contributed by atoms with E-state index in [9.17, 15) is 9.59 Å². The third-order valence-electron chi connectivity index (χ3n) is 3.67. The molecule has 3 N–H and O–H groups in total. The highest BCUT2D eigenvalue weighted by Gasteiger charge is 2.24. The average molecular weight is 290 g/mol. The molecule has 0 bridgehead atoms. The minimum Gasteiger partial charge on any atom is -0.399 e. The highest BCUT2D eigenvalue weighted by atomic mass is 16.2.